The van der Waals surface area contributed by atoms with E-state index in [1.807, 2.05) is 50.2 Å². The zero-order valence-electron chi connectivity index (χ0n) is 42.2. The summed E-state index contributed by atoms with van der Waals surface area (Å²) in [5.74, 6) is 0.295. The maximum Gasteiger partial charge on any atom is 1.00 e. The molecular weight excluding hydrogens is 916 g/mol. The van der Waals surface area contributed by atoms with Gasteiger partial charge in [0.05, 0.1) is 12.9 Å². The van der Waals surface area contributed by atoms with Crippen LogP contribution < -0.4 is 8.53 Å². The minimum Gasteiger partial charge on any atom is -0.598 e. The number of hydrogen-bond donors (Lipinski definition) is 0. The van der Waals surface area contributed by atoms with E-state index in [1.54, 1.807) is 7.11 Å². The molecule has 11 rings (SSSR count). The summed E-state index contributed by atoms with van der Waals surface area (Å²) in [4.78, 5) is 0. The average Bonchev–Trinajstić information content (AvgIpc) is 3.73. The van der Waals surface area contributed by atoms with Gasteiger partial charge >= 0.3 is 15.1 Å². The van der Waals surface area contributed by atoms with Gasteiger partial charge in [-0.1, -0.05) is 239 Å². The molecule has 0 N–H and O–H groups in total. The van der Waals surface area contributed by atoms with Gasteiger partial charge in [-0.25, -0.2) is 0 Å². The van der Waals surface area contributed by atoms with Crippen molar-refractivity contribution in [3.63, 3.8) is 0 Å². The Morgan fingerprint density at radius 3 is 0.986 bits per heavy atom. The maximum absolute atomic E-state index is 8.04. The van der Waals surface area contributed by atoms with Gasteiger partial charge < -0.3 is 25.6 Å². The molecule has 0 bridgehead atoms. The fourth-order valence-electron chi connectivity index (χ4n) is 10.7. The number of fused-ring (bicyclic) bond motifs is 1. The van der Waals surface area contributed by atoms with Gasteiger partial charge in [-0.05, 0) is 110 Å². The maximum atomic E-state index is 8.04. The Hall–Kier alpha value is -7.05. The van der Waals surface area contributed by atoms with Crippen LogP contribution in [0.5, 0.6) is 11.5 Å². The summed E-state index contributed by atoms with van der Waals surface area (Å²) in [6.45, 7) is 10.5. The molecular formula is C66H59AlO6. The SMILES string of the molecule is COc1ccc([O][Al]2[O]C(c3ccc(-c4ccccc4)cc3)(c3ccc(-c4ccccc4)cc3)[C@@H]3OC(C)(C)O[C@H]3C(c3ccc(-c4ccccc4)cc3)(c3ccc(-c4ccccc4)cc3)[O]2)c(C(C)(C)C)c1. The van der Waals surface area contributed by atoms with E-state index in [0.29, 0.717) is 5.75 Å². The van der Waals surface area contributed by atoms with E-state index in [2.05, 4.69) is 221 Å². The van der Waals surface area contributed by atoms with Crippen LogP contribution in [-0.4, -0.2) is 40.3 Å². The summed E-state index contributed by atoms with van der Waals surface area (Å²) < 4.78 is 44.4. The molecule has 0 amide bonds. The third-order valence-corrected chi connectivity index (χ3v) is 15.9. The fraction of sp³-hybridized carbons (Fsp3) is 0.182. The van der Waals surface area contributed by atoms with Gasteiger partial charge in [-0.15, -0.1) is 0 Å². The Kier molecular flexibility index (Phi) is 13.1. The number of benzene rings is 9. The lowest BCUT2D eigenvalue weighted by molar-refractivity contribution is -0.180. The number of methoxy groups -OCH3 is 1. The molecule has 6 nitrogen and oxygen atoms in total. The average molecular weight is 975 g/mol. The minimum absolute atomic E-state index is 0.342. The van der Waals surface area contributed by atoms with Crippen molar-refractivity contribution in [1.82, 2.24) is 0 Å². The largest absolute Gasteiger partial charge is 1.00 e. The molecule has 0 saturated carbocycles. The number of hydrogen-bond acceptors (Lipinski definition) is 6. The first-order chi connectivity index (χ1) is 35.4. The smallest absolute Gasteiger partial charge is 0.598 e. The normalized spacial score (nSPS) is 17.8. The molecule has 0 aromatic heterocycles. The quantitative estimate of drug-likeness (QED) is 0.120. The second kappa shape index (κ2) is 19.8. The zero-order valence-corrected chi connectivity index (χ0v) is 43.4. The summed E-state index contributed by atoms with van der Waals surface area (Å²) >= 11 is -3.54. The van der Waals surface area contributed by atoms with Gasteiger partial charge in [0.25, 0.3) is 0 Å². The standard InChI is InChI=1S/C55H44O4.C11H16O2.Al/c1-53(2)58-51(54(56,47-31-23-43(24-32-47)39-15-7-3-8-16-39)48-33-25-44(26-34-48)40-17-9-4-10-18-40)52(59-53)55(57,49-35-27-45(28-36-49)41-19-11-5-12-20-41)50-37-29-46(30-38-50)42-21-13-6-14-22-42;1-11(2,3)9-7-8(13-4)5-6-10(9)12;/h3-38,51-52H,1-2H3;5-7,12H,1-4H3;/q-2;;+3/p-1/t51-,52-;;/m1../s1. The third-order valence-electron chi connectivity index (χ3n) is 14.4. The molecule has 7 heteroatoms. The minimum atomic E-state index is -3.54. The highest BCUT2D eigenvalue weighted by molar-refractivity contribution is 6.38. The fourth-order valence-corrected chi connectivity index (χ4v) is 12.7. The highest BCUT2D eigenvalue weighted by Gasteiger charge is 2.69. The van der Waals surface area contributed by atoms with E-state index in [9.17, 15) is 0 Å². The van der Waals surface area contributed by atoms with Gasteiger partial charge in [-0.2, -0.15) is 0 Å². The molecule has 2 fully saturated rings. The lowest BCUT2D eigenvalue weighted by Gasteiger charge is -2.44. The monoisotopic (exact) mass is 974 g/mol. The Labute approximate surface area is 435 Å². The van der Waals surface area contributed by atoms with Crippen LogP contribution in [0.15, 0.2) is 237 Å². The van der Waals surface area contributed by atoms with Gasteiger partial charge in [0.15, 0.2) is 5.79 Å². The van der Waals surface area contributed by atoms with Gasteiger partial charge in [0.2, 0.25) is 0 Å². The molecule has 2 saturated heterocycles. The van der Waals surface area contributed by atoms with Crippen LogP contribution in [0, 0.1) is 0 Å². The van der Waals surface area contributed by atoms with Crippen molar-refractivity contribution in [3.05, 3.63) is 264 Å². The predicted molar refractivity (Wildman–Crippen MR) is 293 cm³/mol. The summed E-state index contributed by atoms with van der Waals surface area (Å²) in [5.41, 5.74) is 10.2. The second-order valence-electron chi connectivity index (χ2n) is 20.5. The Balaban J connectivity index is 1.19. The molecule has 0 aliphatic carbocycles. The molecule has 73 heavy (non-hydrogen) atoms. The molecule has 2 aliphatic heterocycles. The zero-order chi connectivity index (χ0) is 50.2. The first-order valence-corrected chi connectivity index (χ1v) is 26.6. The van der Waals surface area contributed by atoms with Crippen LogP contribution in [0.3, 0.4) is 0 Å². The van der Waals surface area contributed by atoms with Crippen molar-refractivity contribution in [3.8, 4) is 56.0 Å². The number of rotatable bonds is 11. The summed E-state index contributed by atoms with van der Waals surface area (Å²) in [6.07, 6.45) is -1.62. The van der Waals surface area contributed by atoms with Crippen molar-refractivity contribution in [1.29, 1.82) is 0 Å². The van der Waals surface area contributed by atoms with E-state index in [-0.39, 0.29) is 5.41 Å². The van der Waals surface area contributed by atoms with Crippen molar-refractivity contribution < 1.29 is 25.6 Å². The second-order valence-corrected chi connectivity index (χ2v) is 21.8. The van der Waals surface area contributed by atoms with Crippen LogP contribution >= 0.6 is 0 Å². The molecule has 9 aromatic carbocycles. The summed E-state index contributed by atoms with van der Waals surface area (Å²) in [5, 5.41) is 0. The van der Waals surface area contributed by atoms with Crippen molar-refractivity contribution in [2.24, 2.45) is 0 Å². The Bertz CT molecular complexity index is 2930. The first-order valence-electron chi connectivity index (χ1n) is 25.1. The van der Waals surface area contributed by atoms with Crippen LogP contribution in [-0.2, 0) is 33.7 Å². The lowest BCUT2D eigenvalue weighted by atomic mass is 9.71. The van der Waals surface area contributed by atoms with Crippen LogP contribution in [0.4, 0.5) is 0 Å². The van der Waals surface area contributed by atoms with Gasteiger partial charge in [-0.3, -0.25) is 0 Å². The Morgan fingerprint density at radius 1 is 0.397 bits per heavy atom. The highest BCUT2D eigenvalue weighted by Crippen LogP contribution is 2.57. The lowest BCUT2D eigenvalue weighted by Crippen LogP contribution is -2.53. The van der Waals surface area contributed by atoms with Gasteiger partial charge in [0.1, 0.15) is 29.2 Å². The molecule has 9 aromatic rings. The van der Waals surface area contributed by atoms with E-state index < -0.39 is 44.3 Å². The van der Waals surface area contributed by atoms with E-state index in [0.717, 1.165) is 78.1 Å². The molecule has 0 spiro atoms. The molecule has 0 radical (unpaired) electrons. The third kappa shape index (κ3) is 9.35. The topological polar surface area (TPSA) is 55.4 Å². The van der Waals surface area contributed by atoms with E-state index >= 15 is 0 Å². The van der Waals surface area contributed by atoms with Crippen molar-refractivity contribution in [2.75, 3.05) is 7.11 Å². The molecule has 0 unspecified atom stereocenters. The van der Waals surface area contributed by atoms with E-state index in [1.165, 1.54) is 0 Å². The Morgan fingerprint density at radius 2 is 0.699 bits per heavy atom. The number of ether oxygens (including phenoxy) is 3. The van der Waals surface area contributed by atoms with Gasteiger partial charge in [0, 0.05) is 0 Å². The molecule has 362 valence electrons. The van der Waals surface area contributed by atoms with Crippen LogP contribution in [0.1, 0.15) is 62.4 Å². The van der Waals surface area contributed by atoms with E-state index in [4.69, 9.17) is 25.6 Å². The van der Waals surface area contributed by atoms with Crippen molar-refractivity contribution in [2.45, 2.75) is 69.2 Å². The molecule has 2 atom stereocenters. The molecule has 2 heterocycles. The van der Waals surface area contributed by atoms with Crippen LogP contribution in [0.2, 0.25) is 0 Å². The van der Waals surface area contributed by atoms with Crippen LogP contribution in [0.25, 0.3) is 44.5 Å². The highest BCUT2D eigenvalue weighted by atomic mass is 27.3. The summed E-state index contributed by atoms with van der Waals surface area (Å²) in [6, 6.07) is 82.5. The predicted octanol–water partition coefficient (Wildman–Crippen LogP) is 15.5. The molecule has 2 aliphatic rings. The summed E-state index contributed by atoms with van der Waals surface area (Å²) in [7, 11) is 1.69. The van der Waals surface area contributed by atoms with Crippen molar-refractivity contribution >= 4 is 15.1 Å². The first kappa shape index (κ1) is 48.2.